The summed E-state index contributed by atoms with van der Waals surface area (Å²) in [5.41, 5.74) is 5.16. The molecule has 1 aliphatic heterocycles. The molecule has 0 bridgehead atoms. The molecule has 0 atom stereocenters. The number of nitrogens with zero attached hydrogens (tertiary/aromatic N) is 4. The van der Waals surface area contributed by atoms with Gasteiger partial charge < -0.3 is 9.09 Å². The van der Waals surface area contributed by atoms with Gasteiger partial charge in [-0.2, -0.15) is 0 Å². The summed E-state index contributed by atoms with van der Waals surface area (Å²) in [6, 6.07) is 2.20. The van der Waals surface area contributed by atoms with Crippen LogP contribution in [0.15, 0.2) is 23.0 Å². The molecule has 32 heavy (non-hydrogen) atoms. The van der Waals surface area contributed by atoms with E-state index in [-0.39, 0.29) is 5.25 Å². The van der Waals surface area contributed by atoms with Crippen molar-refractivity contribution in [2.45, 2.75) is 64.0 Å². The Kier molecular flexibility index (Phi) is 5.61. The predicted molar refractivity (Wildman–Crippen MR) is 125 cm³/mol. The van der Waals surface area contributed by atoms with Crippen molar-refractivity contribution in [1.29, 1.82) is 0 Å². The standard InChI is InChI=1S/C24H32N4O3S/c1-16-23(17(2)31-26-16)19-13-22-20(15-27(3)24(22)25-14-19)12-18-8-10-28(11-9-18)32(29,30)21-6-4-5-7-21/h13-15,18,21H,4-12H2,1-3H3. The Morgan fingerprint density at radius 3 is 2.50 bits per heavy atom. The number of aryl methyl sites for hydroxylation is 3. The molecule has 0 spiro atoms. The van der Waals surface area contributed by atoms with E-state index in [9.17, 15) is 8.42 Å². The second kappa shape index (κ2) is 8.30. The van der Waals surface area contributed by atoms with Crippen LogP contribution in [0.25, 0.3) is 22.2 Å². The third-order valence-corrected chi connectivity index (χ3v) is 9.78. The molecule has 0 radical (unpaired) electrons. The summed E-state index contributed by atoms with van der Waals surface area (Å²) in [6.07, 6.45) is 10.6. The molecule has 3 aromatic rings. The van der Waals surface area contributed by atoms with Crippen LogP contribution in [0.2, 0.25) is 0 Å². The van der Waals surface area contributed by atoms with Crippen molar-refractivity contribution in [3.05, 3.63) is 35.5 Å². The largest absolute Gasteiger partial charge is 0.361 e. The summed E-state index contributed by atoms with van der Waals surface area (Å²) in [5, 5.41) is 5.10. The van der Waals surface area contributed by atoms with Crippen LogP contribution in [0.3, 0.4) is 0 Å². The molecule has 3 aromatic heterocycles. The Morgan fingerprint density at radius 2 is 1.84 bits per heavy atom. The van der Waals surface area contributed by atoms with E-state index in [2.05, 4.69) is 22.0 Å². The molecule has 8 heteroatoms. The highest BCUT2D eigenvalue weighted by Crippen LogP contribution is 2.34. The summed E-state index contributed by atoms with van der Waals surface area (Å²) in [4.78, 5) is 4.73. The Bertz CT molecular complexity index is 1210. The lowest BCUT2D eigenvalue weighted by atomic mass is 9.91. The zero-order valence-electron chi connectivity index (χ0n) is 19.2. The third-order valence-electron chi connectivity index (χ3n) is 7.38. The Labute approximate surface area is 189 Å². The first kappa shape index (κ1) is 21.6. The first-order chi connectivity index (χ1) is 15.3. The Hall–Kier alpha value is -2.19. The van der Waals surface area contributed by atoms with Gasteiger partial charge in [-0.15, -0.1) is 0 Å². The maximum absolute atomic E-state index is 12.9. The van der Waals surface area contributed by atoms with E-state index >= 15 is 0 Å². The fraction of sp³-hybridized carbons (Fsp3) is 0.583. The van der Waals surface area contributed by atoms with E-state index < -0.39 is 10.0 Å². The van der Waals surface area contributed by atoms with Crippen molar-refractivity contribution in [2.75, 3.05) is 13.1 Å². The van der Waals surface area contributed by atoms with Crippen LogP contribution in [0, 0.1) is 19.8 Å². The molecule has 0 N–H and O–H groups in total. The van der Waals surface area contributed by atoms with Crippen LogP contribution in [-0.4, -0.2) is 45.8 Å². The van der Waals surface area contributed by atoms with Gasteiger partial charge in [-0.3, -0.25) is 0 Å². The fourth-order valence-corrected chi connectivity index (χ4v) is 7.68. The minimum absolute atomic E-state index is 0.147. The van der Waals surface area contributed by atoms with Crippen LogP contribution in [0.5, 0.6) is 0 Å². The number of aromatic nitrogens is 3. The van der Waals surface area contributed by atoms with E-state index in [1.807, 2.05) is 27.1 Å². The topological polar surface area (TPSA) is 81.2 Å². The van der Waals surface area contributed by atoms with Crippen LogP contribution >= 0.6 is 0 Å². The number of hydrogen-bond donors (Lipinski definition) is 0. The van der Waals surface area contributed by atoms with Crippen molar-refractivity contribution < 1.29 is 12.9 Å². The lowest BCUT2D eigenvalue weighted by Gasteiger charge is -2.33. The summed E-state index contributed by atoms with van der Waals surface area (Å²) < 4.78 is 35.1. The number of hydrogen-bond acceptors (Lipinski definition) is 5. The van der Waals surface area contributed by atoms with Gasteiger partial charge in [0, 0.05) is 49.0 Å². The average molecular weight is 457 g/mol. The molecule has 0 aromatic carbocycles. The Balaban J connectivity index is 1.34. The number of fused-ring (bicyclic) bond motifs is 1. The molecular formula is C24H32N4O3S. The molecule has 2 aliphatic rings. The smallest absolute Gasteiger partial charge is 0.216 e. The molecule has 4 heterocycles. The summed E-state index contributed by atoms with van der Waals surface area (Å²) in [7, 11) is -1.09. The zero-order valence-corrected chi connectivity index (χ0v) is 20.0. The average Bonchev–Trinajstić information content (AvgIpc) is 3.50. The van der Waals surface area contributed by atoms with Crippen LogP contribution in [-0.2, 0) is 23.5 Å². The van der Waals surface area contributed by atoms with Crippen molar-refractivity contribution in [3.63, 3.8) is 0 Å². The van der Waals surface area contributed by atoms with Crippen molar-refractivity contribution in [2.24, 2.45) is 13.0 Å². The molecule has 5 rings (SSSR count). The highest BCUT2D eigenvalue weighted by Gasteiger charge is 2.36. The van der Waals surface area contributed by atoms with E-state index in [0.29, 0.717) is 19.0 Å². The van der Waals surface area contributed by atoms with Gasteiger partial charge in [-0.1, -0.05) is 18.0 Å². The van der Waals surface area contributed by atoms with E-state index in [1.54, 1.807) is 4.31 Å². The lowest BCUT2D eigenvalue weighted by molar-refractivity contribution is 0.271. The molecule has 172 valence electrons. The first-order valence-corrected chi connectivity index (χ1v) is 13.2. The first-order valence-electron chi connectivity index (χ1n) is 11.7. The lowest BCUT2D eigenvalue weighted by Crippen LogP contribution is -2.43. The monoisotopic (exact) mass is 456 g/mol. The van der Waals surface area contributed by atoms with Gasteiger partial charge in [-0.05, 0) is 63.5 Å². The number of rotatable bonds is 5. The van der Waals surface area contributed by atoms with E-state index in [1.165, 1.54) is 5.56 Å². The summed E-state index contributed by atoms with van der Waals surface area (Å²) in [5.74, 6) is 1.29. The van der Waals surface area contributed by atoms with Gasteiger partial charge in [0.1, 0.15) is 11.4 Å². The Morgan fingerprint density at radius 1 is 1.12 bits per heavy atom. The molecule has 2 fully saturated rings. The molecule has 0 amide bonds. The molecule has 7 nitrogen and oxygen atoms in total. The normalized spacial score (nSPS) is 19.3. The number of pyridine rings is 1. The molecule has 1 aliphatic carbocycles. The third kappa shape index (κ3) is 3.77. The van der Waals surface area contributed by atoms with Crippen molar-refractivity contribution in [1.82, 2.24) is 19.0 Å². The summed E-state index contributed by atoms with van der Waals surface area (Å²) >= 11 is 0. The highest BCUT2D eigenvalue weighted by atomic mass is 32.2. The molecule has 1 saturated carbocycles. The molecule has 0 unspecified atom stereocenters. The van der Waals surface area contributed by atoms with Gasteiger partial charge in [0.15, 0.2) is 0 Å². The second-order valence-electron chi connectivity index (χ2n) is 9.56. The van der Waals surface area contributed by atoms with Gasteiger partial charge >= 0.3 is 0 Å². The second-order valence-corrected chi connectivity index (χ2v) is 11.8. The highest BCUT2D eigenvalue weighted by molar-refractivity contribution is 7.89. The minimum atomic E-state index is -3.12. The van der Waals surface area contributed by atoms with Crippen molar-refractivity contribution in [3.8, 4) is 11.1 Å². The SMILES string of the molecule is Cc1noc(C)c1-c1cnc2c(c1)c(CC1CCN(S(=O)(=O)C3CCCC3)CC1)cn2C. The van der Waals surface area contributed by atoms with Gasteiger partial charge in [-0.25, -0.2) is 17.7 Å². The molecule has 1 saturated heterocycles. The maximum Gasteiger partial charge on any atom is 0.216 e. The van der Waals surface area contributed by atoms with E-state index in [0.717, 1.165) is 78.6 Å². The van der Waals surface area contributed by atoms with Crippen LogP contribution in [0.1, 0.15) is 55.5 Å². The number of piperidine rings is 1. The molecular weight excluding hydrogens is 424 g/mol. The maximum atomic E-state index is 12.9. The van der Waals surface area contributed by atoms with Gasteiger partial charge in [0.25, 0.3) is 0 Å². The van der Waals surface area contributed by atoms with Crippen LogP contribution < -0.4 is 0 Å². The van der Waals surface area contributed by atoms with Crippen molar-refractivity contribution >= 4 is 21.1 Å². The van der Waals surface area contributed by atoms with Crippen LogP contribution in [0.4, 0.5) is 0 Å². The zero-order chi connectivity index (χ0) is 22.5. The quantitative estimate of drug-likeness (QED) is 0.569. The van der Waals surface area contributed by atoms with E-state index in [4.69, 9.17) is 9.51 Å². The van der Waals surface area contributed by atoms with Gasteiger partial charge in [0.2, 0.25) is 10.0 Å². The van der Waals surface area contributed by atoms with Gasteiger partial charge in [0.05, 0.1) is 10.9 Å². The minimum Gasteiger partial charge on any atom is -0.361 e. The predicted octanol–water partition coefficient (Wildman–Crippen LogP) is 4.37. The number of sulfonamides is 1. The summed E-state index contributed by atoms with van der Waals surface area (Å²) in [6.45, 7) is 5.18. The fourth-order valence-electron chi connectivity index (χ4n) is 5.61.